The highest BCUT2D eigenvalue weighted by atomic mass is 35.5. The summed E-state index contributed by atoms with van der Waals surface area (Å²) in [6.07, 6.45) is 0.0630. The van der Waals surface area contributed by atoms with Crippen LogP contribution in [0.15, 0.2) is 60.7 Å². The van der Waals surface area contributed by atoms with Gasteiger partial charge >= 0.3 is 0 Å². The van der Waals surface area contributed by atoms with Gasteiger partial charge in [-0.15, -0.1) is 12.4 Å². The molecule has 2 nitrogen and oxygen atoms in total. The Morgan fingerprint density at radius 2 is 1.39 bits per heavy atom. The number of hydrogen-bond acceptors (Lipinski definition) is 2. The van der Waals surface area contributed by atoms with Gasteiger partial charge in [-0.05, 0) is 17.5 Å². The summed E-state index contributed by atoms with van der Waals surface area (Å²) in [6, 6.07) is 19.3. The Morgan fingerprint density at radius 3 is 1.94 bits per heavy atom. The first-order valence-electron chi connectivity index (χ1n) is 5.80. The molecule has 0 amide bonds. The van der Waals surface area contributed by atoms with E-state index in [1.807, 2.05) is 60.7 Å². The van der Waals surface area contributed by atoms with E-state index in [0.29, 0.717) is 6.42 Å². The van der Waals surface area contributed by atoms with Gasteiger partial charge in [-0.25, -0.2) is 0 Å². The number of hydrogen-bond donors (Lipinski definition) is 2. The molecule has 0 spiro atoms. The summed E-state index contributed by atoms with van der Waals surface area (Å²) in [4.78, 5) is 0. The van der Waals surface area contributed by atoms with Gasteiger partial charge in [-0.2, -0.15) is 0 Å². The van der Waals surface area contributed by atoms with E-state index in [1.54, 1.807) is 0 Å². The van der Waals surface area contributed by atoms with Crippen molar-refractivity contribution in [1.82, 2.24) is 0 Å². The summed E-state index contributed by atoms with van der Waals surface area (Å²) in [5.74, 6) is 0. The normalized spacial score (nSPS) is 13.4. The minimum absolute atomic E-state index is 0. The molecule has 0 radical (unpaired) electrons. The first-order valence-corrected chi connectivity index (χ1v) is 5.80. The van der Waals surface area contributed by atoms with Crippen molar-refractivity contribution >= 4 is 12.4 Å². The predicted molar refractivity (Wildman–Crippen MR) is 76.8 cm³/mol. The minimum Gasteiger partial charge on any atom is -0.387 e. The van der Waals surface area contributed by atoms with Crippen LogP contribution in [0.1, 0.15) is 17.2 Å². The van der Waals surface area contributed by atoms with Gasteiger partial charge in [0.15, 0.2) is 0 Å². The van der Waals surface area contributed by atoms with E-state index in [0.717, 1.165) is 11.1 Å². The van der Waals surface area contributed by atoms with E-state index >= 15 is 0 Å². The van der Waals surface area contributed by atoms with Crippen LogP contribution in [0.5, 0.6) is 0 Å². The summed E-state index contributed by atoms with van der Waals surface area (Å²) >= 11 is 0. The molecule has 3 N–H and O–H groups in total. The van der Waals surface area contributed by atoms with E-state index in [-0.39, 0.29) is 18.4 Å². The molecule has 0 bridgehead atoms. The van der Waals surface area contributed by atoms with Crippen molar-refractivity contribution in [3.8, 4) is 0 Å². The second-order valence-electron chi connectivity index (χ2n) is 4.21. The fourth-order valence-corrected chi connectivity index (χ4v) is 1.90. The van der Waals surface area contributed by atoms with E-state index < -0.39 is 6.10 Å². The maximum absolute atomic E-state index is 10.1. The summed E-state index contributed by atoms with van der Waals surface area (Å²) < 4.78 is 0. The van der Waals surface area contributed by atoms with Crippen LogP contribution < -0.4 is 5.73 Å². The number of aliphatic hydroxyl groups excluding tert-OH is 1. The topological polar surface area (TPSA) is 46.2 Å². The zero-order valence-corrected chi connectivity index (χ0v) is 10.9. The summed E-state index contributed by atoms with van der Waals surface area (Å²) in [5.41, 5.74) is 8.05. The molecular formula is C15H18ClNO. The van der Waals surface area contributed by atoms with Crippen molar-refractivity contribution in [2.45, 2.75) is 18.6 Å². The van der Waals surface area contributed by atoms with Crippen molar-refractivity contribution in [3.05, 3.63) is 71.8 Å². The monoisotopic (exact) mass is 263 g/mol. The van der Waals surface area contributed by atoms with Crippen LogP contribution in [-0.2, 0) is 6.42 Å². The largest absolute Gasteiger partial charge is 0.387 e. The molecule has 2 aromatic rings. The zero-order valence-electron chi connectivity index (χ0n) is 10.1. The maximum atomic E-state index is 10.1. The zero-order chi connectivity index (χ0) is 12.1. The van der Waals surface area contributed by atoms with Gasteiger partial charge in [0.2, 0.25) is 0 Å². The van der Waals surface area contributed by atoms with E-state index in [1.165, 1.54) is 0 Å². The van der Waals surface area contributed by atoms with Crippen LogP contribution in [0.4, 0.5) is 0 Å². The molecule has 0 aliphatic heterocycles. The quantitative estimate of drug-likeness (QED) is 0.891. The molecule has 0 aromatic heterocycles. The first kappa shape index (κ1) is 14.7. The van der Waals surface area contributed by atoms with Crippen LogP contribution in [0.25, 0.3) is 0 Å². The summed E-state index contributed by atoms with van der Waals surface area (Å²) in [7, 11) is 0. The highest BCUT2D eigenvalue weighted by Crippen LogP contribution is 2.17. The van der Waals surface area contributed by atoms with E-state index in [9.17, 15) is 5.11 Å². The molecule has 2 atom stereocenters. The van der Waals surface area contributed by atoms with Gasteiger partial charge in [-0.3, -0.25) is 0 Å². The van der Waals surface area contributed by atoms with E-state index in [2.05, 4.69) is 0 Å². The average molecular weight is 264 g/mol. The Bertz CT molecular complexity index is 447. The van der Waals surface area contributed by atoms with Crippen LogP contribution >= 0.6 is 12.4 Å². The lowest BCUT2D eigenvalue weighted by Gasteiger charge is -2.19. The lowest BCUT2D eigenvalue weighted by molar-refractivity contribution is 0.146. The fourth-order valence-electron chi connectivity index (χ4n) is 1.90. The van der Waals surface area contributed by atoms with Crippen molar-refractivity contribution in [2.75, 3.05) is 0 Å². The fraction of sp³-hybridized carbons (Fsp3) is 0.200. The van der Waals surface area contributed by atoms with Crippen molar-refractivity contribution < 1.29 is 5.11 Å². The number of halogens is 1. The van der Waals surface area contributed by atoms with Crippen LogP contribution in [0, 0.1) is 0 Å². The number of nitrogens with two attached hydrogens (primary N) is 1. The number of aliphatic hydroxyl groups is 1. The minimum atomic E-state index is -0.614. The molecule has 0 heterocycles. The SMILES string of the molecule is Cl.N[C@@H](Cc1ccccc1)[C@H](O)c1ccccc1. The molecule has 0 aliphatic carbocycles. The van der Waals surface area contributed by atoms with Crippen molar-refractivity contribution in [3.63, 3.8) is 0 Å². The highest BCUT2D eigenvalue weighted by molar-refractivity contribution is 5.85. The molecule has 0 unspecified atom stereocenters. The lowest BCUT2D eigenvalue weighted by Crippen LogP contribution is -2.30. The van der Waals surface area contributed by atoms with Gasteiger partial charge < -0.3 is 10.8 Å². The van der Waals surface area contributed by atoms with Crippen LogP contribution in [0.3, 0.4) is 0 Å². The van der Waals surface area contributed by atoms with Crippen molar-refractivity contribution in [2.24, 2.45) is 5.73 Å². The molecule has 2 rings (SSSR count). The smallest absolute Gasteiger partial charge is 0.0944 e. The molecule has 0 aliphatic rings. The second-order valence-corrected chi connectivity index (χ2v) is 4.21. The van der Waals surface area contributed by atoms with E-state index in [4.69, 9.17) is 5.73 Å². The van der Waals surface area contributed by atoms with Gasteiger partial charge in [0.25, 0.3) is 0 Å². The maximum Gasteiger partial charge on any atom is 0.0944 e. The standard InChI is InChI=1S/C15H17NO.ClH/c16-14(11-12-7-3-1-4-8-12)15(17)13-9-5-2-6-10-13;/h1-10,14-15,17H,11,16H2;1H/t14-,15+;/m0./s1. The van der Waals surface area contributed by atoms with Gasteiger partial charge in [-0.1, -0.05) is 60.7 Å². The molecule has 0 fully saturated rings. The Balaban J connectivity index is 0.00000162. The third kappa shape index (κ3) is 3.84. The Morgan fingerprint density at radius 1 is 0.889 bits per heavy atom. The van der Waals surface area contributed by atoms with Crippen molar-refractivity contribution in [1.29, 1.82) is 0 Å². The Labute approximate surface area is 114 Å². The molecular weight excluding hydrogens is 246 g/mol. The molecule has 0 saturated heterocycles. The Hall–Kier alpha value is -1.35. The van der Waals surface area contributed by atoms with Crippen LogP contribution in [0.2, 0.25) is 0 Å². The van der Waals surface area contributed by atoms with Gasteiger partial charge in [0, 0.05) is 6.04 Å². The molecule has 2 aromatic carbocycles. The Kier molecular flexibility index (Phi) is 5.86. The predicted octanol–water partition coefficient (Wildman–Crippen LogP) is 2.71. The van der Waals surface area contributed by atoms with Gasteiger partial charge in [0.1, 0.15) is 0 Å². The number of rotatable bonds is 4. The molecule has 18 heavy (non-hydrogen) atoms. The third-order valence-corrected chi connectivity index (χ3v) is 2.86. The average Bonchev–Trinajstić information content (AvgIpc) is 2.40. The first-order chi connectivity index (χ1) is 8.27. The summed E-state index contributed by atoms with van der Waals surface area (Å²) in [6.45, 7) is 0. The highest BCUT2D eigenvalue weighted by Gasteiger charge is 2.16. The number of benzene rings is 2. The second kappa shape index (κ2) is 7.17. The summed E-state index contributed by atoms with van der Waals surface area (Å²) in [5, 5.41) is 10.1. The lowest BCUT2D eigenvalue weighted by atomic mass is 9.97. The third-order valence-electron chi connectivity index (χ3n) is 2.86. The molecule has 3 heteroatoms. The van der Waals surface area contributed by atoms with Crippen LogP contribution in [-0.4, -0.2) is 11.1 Å². The molecule has 0 saturated carbocycles. The molecule has 96 valence electrons. The van der Waals surface area contributed by atoms with Gasteiger partial charge in [0.05, 0.1) is 6.10 Å².